The van der Waals surface area contributed by atoms with Crippen molar-refractivity contribution >= 4 is 5.91 Å². The van der Waals surface area contributed by atoms with Gasteiger partial charge in [0.15, 0.2) is 0 Å². The number of carbonyl (C=O) groups excluding carboxylic acids is 1. The first kappa shape index (κ1) is 11.5. The summed E-state index contributed by atoms with van der Waals surface area (Å²) in [6, 6.07) is -0.0809. The second-order valence-electron chi connectivity index (χ2n) is 4.60. The van der Waals surface area contributed by atoms with E-state index in [9.17, 15) is 4.79 Å². The summed E-state index contributed by atoms with van der Waals surface area (Å²) in [5, 5.41) is 11.9. The number of nitrogens with one attached hydrogen (secondary N) is 1. The van der Waals surface area contributed by atoms with Gasteiger partial charge in [-0.1, -0.05) is 20.3 Å². The van der Waals surface area contributed by atoms with Crippen molar-refractivity contribution in [1.82, 2.24) is 5.32 Å². The first-order valence-electron chi connectivity index (χ1n) is 5.53. The smallest absolute Gasteiger partial charge is 0.220 e. The van der Waals surface area contributed by atoms with E-state index < -0.39 is 0 Å². The van der Waals surface area contributed by atoms with Gasteiger partial charge < -0.3 is 10.4 Å². The summed E-state index contributed by atoms with van der Waals surface area (Å²) >= 11 is 0. The van der Waals surface area contributed by atoms with E-state index in [-0.39, 0.29) is 18.6 Å². The van der Waals surface area contributed by atoms with E-state index in [4.69, 9.17) is 5.11 Å². The SMILES string of the molecule is CC(C)[C@@H](CO)NC(=O)CC1CCC1. The Morgan fingerprint density at radius 3 is 2.50 bits per heavy atom. The fraction of sp³-hybridized carbons (Fsp3) is 0.909. The third-order valence-corrected chi connectivity index (χ3v) is 3.05. The molecular formula is C11H21NO2. The average molecular weight is 199 g/mol. The number of carbonyl (C=O) groups is 1. The Morgan fingerprint density at radius 2 is 2.14 bits per heavy atom. The maximum absolute atomic E-state index is 11.5. The number of amides is 1. The summed E-state index contributed by atoms with van der Waals surface area (Å²) in [5.74, 6) is 0.995. The number of aliphatic hydroxyl groups is 1. The molecule has 1 fully saturated rings. The zero-order valence-corrected chi connectivity index (χ0v) is 9.12. The maximum Gasteiger partial charge on any atom is 0.220 e. The Kier molecular flexibility index (Phi) is 4.39. The highest BCUT2D eigenvalue weighted by Gasteiger charge is 2.22. The Balaban J connectivity index is 2.23. The molecule has 0 saturated heterocycles. The van der Waals surface area contributed by atoms with Crippen LogP contribution in [0.1, 0.15) is 39.5 Å². The summed E-state index contributed by atoms with van der Waals surface area (Å²) in [6.07, 6.45) is 4.30. The number of rotatable bonds is 5. The van der Waals surface area contributed by atoms with Crippen LogP contribution < -0.4 is 5.32 Å². The molecule has 82 valence electrons. The van der Waals surface area contributed by atoms with Crippen LogP contribution in [-0.2, 0) is 4.79 Å². The third kappa shape index (κ3) is 3.29. The molecule has 0 bridgehead atoms. The summed E-state index contributed by atoms with van der Waals surface area (Å²) < 4.78 is 0. The highest BCUT2D eigenvalue weighted by atomic mass is 16.3. The van der Waals surface area contributed by atoms with Gasteiger partial charge in [0, 0.05) is 6.42 Å². The first-order valence-corrected chi connectivity index (χ1v) is 5.53. The molecule has 14 heavy (non-hydrogen) atoms. The van der Waals surface area contributed by atoms with Gasteiger partial charge in [-0.05, 0) is 24.7 Å². The molecule has 0 radical (unpaired) electrons. The van der Waals surface area contributed by atoms with Gasteiger partial charge in [-0.25, -0.2) is 0 Å². The molecule has 0 aliphatic heterocycles. The summed E-state index contributed by atoms with van der Waals surface area (Å²) in [4.78, 5) is 11.5. The molecule has 0 unspecified atom stereocenters. The van der Waals surface area contributed by atoms with Crippen molar-refractivity contribution in [3.05, 3.63) is 0 Å². The average Bonchev–Trinajstić information content (AvgIpc) is 2.07. The van der Waals surface area contributed by atoms with E-state index >= 15 is 0 Å². The van der Waals surface area contributed by atoms with E-state index in [0.717, 1.165) is 0 Å². The van der Waals surface area contributed by atoms with E-state index in [0.29, 0.717) is 18.3 Å². The predicted octanol–water partition coefficient (Wildman–Crippen LogP) is 1.31. The van der Waals surface area contributed by atoms with Crippen molar-refractivity contribution in [1.29, 1.82) is 0 Å². The molecule has 0 aromatic carbocycles. The van der Waals surface area contributed by atoms with Crippen molar-refractivity contribution in [2.45, 2.75) is 45.6 Å². The fourth-order valence-electron chi connectivity index (χ4n) is 1.65. The molecule has 1 atom stereocenters. The van der Waals surface area contributed by atoms with Crippen molar-refractivity contribution < 1.29 is 9.90 Å². The van der Waals surface area contributed by atoms with E-state index in [2.05, 4.69) is 5.32 Å². The molecule has 0 aromatic heterocycles. The summed E-state index contributed by atoms with van der Waals surface area (Å²) in [7, 11) is 0. The standard InChI is InChI=1S/C11H21NO2/c1-8(2)10(7-13)12-11(14)6-9-4-3-5-9/h8-10,13H,3-7H2,1-2H3,(H,12,14)/t10-/m1/s1. The van der Waals surface area contributed by atoms with Gasteiger partial charge in [0.25, 0.3) is 0 Å². The molecule has 0 aromatic rings. The monoisotopic (exact) mass is 199 g/mol. The Hall–Kier alpha value is -0.570. The van der Waals surface area contributed by atoms with Crippen LogP contribution >= 0.6 is 0 Å². The van der Waals surface area contributed by atoms with Gasteiger partial charge in [-0.2, -0.15) is 0 Å². The van der Waals surface area contributed by atoms with Gasteiger partial charge in [0.1, 0.15) is 0 Å². The van der Waals surface area contributed by atoms with Gasteiger partial charge in [0.2, 0.25) is 5.91 Å². The Labute approximate surface area is 85.9 Å². The number of aliphatic hydroxyl groups excluding tert-OH is 1. The minimum Gasteiger partial charge on any atom is -0.394 e. The number of hydrogen-bond acceptors (Lipinski definition) is 2. The van der Waals surface area contributed by atoms with Crippen LogP contribution in [0.25, 0.3) is 0 Å². The highest BCUT2D eigenvalue weighted by Crippen LogP contribution is 2.29. The van der Waals surface area contributed by atoms with Crippen LogP contribution in [0.15, 0.2) is 0 Å². The molecule has 1 aliphatic rings. The molecule has 3 heteroatoms. The summed E-state index contributed by atoms with van der Waals surface area (Å²) in [6.45, 7) is 4.04. The Bertz CT molecular complexity index is 188. The molecule has 0 spiro atoms. The van der Waals surface area contributed by atoms with Gasteiger partial charge >= 0.3 is 0 Å². The van der Waals surface area contributed by atoms with Gasteiger partial charge in [-0.15, -0.1) is 0 Å². The highest BCUT2D eigenvalue weighted by molar-refractivity contribution is 5.76. The molecule has 3 nitrogen and oxygen atoms in total. The second-order valence-corrected chi connectivity index (χ2v) is 4.60. The minimum atomic E-state index is -0.0809. The van der Waals surface area contributed by atoms with E-state index in [1.54, 1.807) is 0 Å². The lowest BCUT2D eigenvalue weighted by Gasteiger charge is -2.26. The van der Waals surface area contributed by atoms with Crippen molar-refractivity contribution in [2.24, 2.45) is 11.8 Å². The fourth-order valence-corrected chi connectivity index (χ4v) is 1.65. The van der Waals surface area contributed by atoms with Crippen LogP contribution in [0.4, 0.5) is 0 Å². The van der Waals surface area contributed by atoms with Crippen molar-refractivity contribution in [3.8, 4) is 0 Å². The lowest BCUT2D eigenvalue weighted by molar-refractivity contribution is -0.124. The maximum atomic E-state index is 11.5. The minimum absolute atomic E-state index is 0.0358. The van der Waals surface area contributed by atoms with Gasteiger partial charge in [0.05, 0.1) is 12.6 Å². The van der Waals surface area contributed by atoms with Gasteiger partial charge in [-0.3, -0.25) is 4.79 Å². The largest absolute Gasteiger partial charge is 0.394 e. The van der Waals surface area contributed by atoms with E-state index in [1.807, 2.05) is 13.8 Å². The van der Waals surface area contributed by atoms with Crippen LogP contribution in [0.5, 0.6) is 0 Å². The molecule has 1 saturated carbocycles. The topological polar surface area (TPSA) is 49.3 Å². The molecular weight excluding hydrogens is 178 g/mol. The zero-order chi connectivity index (χ0) is 10.6. The predicted molar refractivity (Wildman–Crippen MR) is 55.8 cm³/mol. The lowest BCUT2D eigenvalue weighted by atomic mass is 9.83. The first-order chi connectivity index (χ1) is 6.63. The molecule has 0 heterocycles. The molecule has 1 amide bonds. The van der Waals surface area contributed by atoms with Crippen LogP contribution in [0.3, 0.4) is 0 Å². The molecule has 1 aliphatic carbocycles. The molecule has 1 rings (SSSR count). The van der Waals surface area contributed by atoms with Crippen LogP contribution in [0.2, 0.25) is 0 Å². The quantitative estimate of drug-likeness (QED) is 0.701. The van der Waals surface area contributed by atoms with Crippen molar-refractivity contribution in [3.63, 3.8) is 0 Å². The second kappa shape index (κ2) is 5.35. The van der Waals surface area contributed by atoms with Crippen molar-refractivity contribution in [2.75, 3.05) is 6.61 Å². The third-order valence-electron chi connectivity index (χ3n) is 3.05. The zero-order valence-electron chi connectivity index (χ0n) is 9.12. The molecule has 2 N–H and O–H groups in total. The Morgan fingerprint density at radius 1 is 1.50 bits per heavy atom. The summed E-state index contributed by atoms with van der Waals surface area (Å²) in [5.41, 5.74) is 0. The van der Waals surface area contributed by atoms with Crippen LogP contribution in [0, 0.1) is 11.8 Å². The number of hydrogen-bond donors (Lipinski definition) is 2. The normalized spacial score (nSPS) is 19.1. The van der Waals surface area contributed by atoms with E-state index in [1.165, 1.54) is 19.3 Å². The van der Waals surface area contributed by atoms with Crippen LogP contribution in [-0.4, -0.2) is 23.7 Å². The lowest BCUT2D eigenvalue weighted by Crippen LogP contribution is -2.42.